The predicted octanol–water partition coefficient (Wildman–Crippen LogP) is 3.30. The third kappa shape index (κ3) is 6.30. The van der Waals surface area contributed by atoms with Crippen LogP contribution in [0.5, 0.6) is 5.75 Å². The zero-order valence-corrected chi connectivity index (χ0v) is 15.7. The van der Waals surface area contributed by atoms with Gasteiger partial charge in [0.15, 0.2) is 5.96 Å². The van der Waals surface area contributed by atoms with E-state index in [0.29, 0.717) is 17.6 Å². The van der Waals surface area contributed by atoms with E-state index < -0.39 is 0 Å². The average molecular weight is 424 g/mol. The molecule has 0 aliphatic heterocycles. The Balaban J connectivity index is 0.00000220. The number of hydrogen-bond donors (Lipinski definition) is 2. The number of benzene rings is 1. The number of aliphatic imine (C=N–C) groups is 1. The first-order chi connectivity index (χ1) is 9.58. The van der Waals surface area contributed by atoms with Crippen molar-refractivity contribution in [2.24, 2.45) is 10.9 Å². The number of hydrogen-bond acceptors (Lipinski definition) is 2. The summed E-state index contributed by atoms with van der Waals surface area (Å²) in [5.41, 5.74) is 0. The minimum Gasteiger partial charge on any atom is -0.489 e. The van der Waals surface area contributed by atoms with Gasteiger partial charge in [-0.05, 0) is 37.5 Å². The predicted molar refractivity (Wildman–Crippen MR) is 99.0 cm³/mol. The van der Waals surface area contributed by atoms with Crippen molar-refractivity contribution in [2.45, 2.75) is 32.4 Å². The smallest absolute Gasteiger partial charge is 0.191 e. The van der Waals surface area contributed by atoms with Gasteiger partial charge in [-0.2, -0.15) is 0 Å². The van der Waals surface area contributed by atoms with Crippen molar-refractivity contribution in [2.75, 3.05) is 13.6 Å². The summed E-state index contributed by atoms with van der Waals surface area (Å²) in [6, 6.07) is 8.00. The third-order valence-corrected chi connectivity index (χ3v) is 3.58. The molecule has 0 bridgehead atoms. The molecular formula is C15H23ClIN3O. The molecule has 2 N–H and O–H groups in total. The summed E-state index contributed by atoms with van der Waals surface area (Å²) in [7, 11) is 1.78. The van der Waals surface area contributed by atoms with Gasteiger partial charge in [0.1, 0.15) is 11.9 Å². The Kier molecular flexibility index (Phi) is 7.59. The van der Waals surface area contributed by atoms with Crippen LogP contribution in [0.3, 0.4) is 0 Å². The van der Waals surface area contributed by atoms with Crippen LogP contribution in [0.15, 0.2) is 29.3 Å². The molecule has 1 saturated carbocycles. The van der Waals surface area contributed by atoms with E-state index >= 15 is 0 Å². The molecule has 0 heterocycles. The normalized spacial score (nSPS) is 22.0. The Hall–Kier alpha value is -0.690. The summed E-state index contributed by atoms with van der Waals surface area (Å²) >= 11 is 5.93. The van der Waals surface area contributed by atoms with Gasteiger partial charge < -0.3 is 15.4 Å². The molecule has 2 rings (SSSR count). The second kappa shape index (κ2) is 8.68. The fourth-order valence-electron chi connectivity index (χ4n) is 1.95. The fraction of sp³-hybridized carbons (Fsp3) is 0.533. The maximum Gasteiger partial charge on any atom is 0.191 e. The van der Waals surface area contributed by atoms with Gasteiger partial charge in [-0.25, -0.2) is 0 Å². The third-order valence-electron chi connectivity index (χ3n) is 3.35. The molecule has 3 atom stereocenters. The maximum absolute atomic E-state index is 5.93. The Labute approximate surface area is 148 Å². The number of guanidine groups is 1. The highest BCUT2D eigenvalue weighted by atomic mass is 127. The molecule has 1 aromatic carbocycles. The van der Waals surface area contributed by atoms with Crippen LogP contribution in [0.25, 0.3) is 0 Å². The second-order valence-corrected chi connectivity index (χ2v) is 5.74. The van der Waals surface area contributed by atoms with Gasteiger partial charge >= 0.3 is 0 Å². The molecule has 1 fully saturated rings. The lowest BCUT2D eigenvalue weighted by atomic mass is 10.3. The maximum atomic E-state index is 5.93. The van der Waals surface area contributed by atoms with Crippen molar-refractivity contribution >= 4 is 41.5 Å². The van der Waals surface area contributed by atoms with Crippen LogP contribution in [-0.2, 0) is 0 Å². The zero-order chi connectivity index (χ0) is 14.5. The van der Waals surface area contributed by atoms with Crippen molar-refractivity contribution in [1.82, 2.24) is 10.6 Å². The Bertz CT molecular complexity index is 484. The van der Waals surface area contributed by atoms with Gasteiger partial charge in [0.2, 0.25) is 0 Å². The van der Waals surface area contributed by atoms with E-state index in [0.717, 1.165) is 17.6 Å². The molecule has 3 unspecified atom stereocenters. The van der Waals surface area contributed by atoms with Crippen LogP contribution in [-0.4, -0.2) is 31.7 Å². The van der Waals surface area contributed by atoms with Crippen molar-refractivity contribution in [3.8, 4) is 5.75 Å². The monoisotopic (exact) mass is 423 g/mol. The summed E-state index contributed by atoms with van der Waals surface area (Å²) in [6.07, 6.45) is 1.25. The van der Waals surface area contributed by atoms with E-state index in [-0.39, 0.29) is 30.1 Å². The molecule has 0 saturated heterocycles. The average Bonchev–Trinajstić information content (AvgIpc) is 3.10. The largest absolute Gasteiger partial charge is 0.489 e. The second-order valence-electron chi connectivity index (χ2n) is 5.30. The summed E-state index contributed by atoms with van der Waals surface area (Å²) in [4.78, 5) is 4.21. The van der Waals surface area contributed by atoms with Crippen molar-refractivity contribution in [3.05, 3.63) is 29.3 Å². The summed E-state index contributed by atoms with van der Waals surface area (Å²) in [6.45, 7) is 4.93. The highest BCUT2D eigenvalue weighted by Crippen LogP contribution is 2.28. The van der Waals surface area contributed by atoms with Crippen LogP contribution >= 0.6 is 35.6 Å². The highest BCUT2D eigenvalue weighted by molar-refractivity contribution is 14.0. The van der Waals surface area contributed by atoms with Crippen molar-refractivity contribution in [1.29, 1.82) is 0 Å². The number of nitrogens with one attached hydrogen (secondary N) is 2. The molecule has 0 radical (unpaired) electrons. The minimum absolute atomic E-state index is 0. The molecule has 1 aromatic rings. The molecule has 4 nitrogen and oxygen atoms in total. The van der Waals surface area contributed by atoms with E-state index in [1.54, 1.807) is 7.05 Å². The first-order valence-electron chi connectivity index (χ1n) is 6.98. The van der Waals surface area contributed by atoms with Gasteiger partial charge in [-0.1, -0.05) is 24.6 Å². The topological polar surface area (TPSA) is 45.7 Å². The van der Waals surface area contributed by atoms with E-state index in [1.807, 2.05) is 31.2 Å². The summed E-state index contributed by atoms with van der Waals surface area (Å²) in [5, 5.41) is 7.34. The molecule has 21 heavy (non-hydrogen) atoms. The highest BCUT2D eigenvalue weighted by Gasteiger charge is 2.33. The number of ether oxygens (including phenoxy) is 1. The van der Waals surface area contributed by atoms with Crippen LogP contribution in [0, 0.1) is 5.92 Å². The quantitative estimate of drug-likeness (QED) is 0.434. The van der Waals surface area contributed by atoms with Crippen molar-refractivity contribution in [3.63, 3.8) is 0 Å². The summed E-state index contributed by atoms with van der Waals surface area (Å²) < 4.78 is 5.80. The molecule has 1 aliphatic rings. The number of rotatable bonds is 5. The van der Waals surface area contributed by atoms with Gasteiger partial charge in [-0.3, -0.25) is 4.99 Å². The van der Waals surface area contributed by atoms with Gasteiger partial charge in [0.05, 0.1) is 6.54 Å². The first-order valence-corrected chi connectivity index (χ1v) is 7.35. The zero-order valence-electron chi connectivity index (χ0n) is 12.6. The Morgan fingerprint density at radius 3 is 2.81 bits per heavy atom. The van der Waals surface area contributed by atoms with Gasteiger partial charge in [0.25, 0.3) is 0 Å². The fourth-order valence-corrected chi connectivity index (χ4v) is 2.13. The molecular weight excluding hydrogens is 401 g/mol. The Morgan fingerprint density at radius 2 is 2.24 bits per heavy atom. The van der Waals surface area contributed by atoms with Crippen LogP contribution in [0.1, 0.15) is 20.3 Å². The molecule has 6 heteroatoms. The summed E-state index contributed by atoms with van der Waals surface area (Å²) in [5.74, 6) is 2.36. The standard InChI is InChI=1S/C15H22ClN3O.HI/c1-10-7-14(10)19-15(17-3)18-9-11(2)20-13-6-4-5-12(16)8-13;/h4-6,8,10-11,14H,7,9H2,1-3H3,(H2,17,18,19);1H. The lowest BCUT2D eigenvalue weighted by Crippen LogP contribution is -2.43. The van der Waals surface area contributed by atoms with Gasteiger partial charge in [-0.15, -0.1) is 24.0 Å². The van der Waals surface area contributed by atoms with Gasteiger partial charge in [0, 0.05) is 18.1 Å². The molecule has 118 valence electrons. The molecule has 0 spiro atoms. The van der Waals surface area contributed by atoms with Crippen LogP contribution in [0.4, 0.5) is 0 Å². The minimum atomic E-state index is 0. The Morgan fingerprint density at radius 1 is 1.52 bits per heavy atom. The van der Waals surface area contributed by atoms with Crippen molar-refractivity contribution < 1.29 is 4.74 Å². The molecule has 1 aliphatic carbocycles. The SMILES string of the molecule is CN=C(NCC(C)Oc1cccc(Cl)c1)NC1CC1C.I. The molecule has 0 amide bonds. The van der Waals surface area contributed by atoms with E-state index in [2.05, 4.69) is 22.5 Å². The lowest BCUT2D eigenvalue weighted by molar-refractivity contribution is 0.224. The van der Waals surface area contributed by atoms with Crippen LogP contribution in [0.2, 0.25) is 5.02 Å². The number of halogens is 2. The lowest BCUT2D eigenvalue weighted by Gasteiger charge is -2.17. The van der Waals surface area contributed by atoms with E-state index in [1.165, 1.54) is 6.42 Å². The van der Waals surface area contributed by atoms with E-state index in [9.17, 15) is 0 Å². The van der Waals surface area contributed by atoms with E-state index in [4.69, 9.17) is 16.3 Å². The molecule has 0 aromatic heterocycles. The first kappa shape index (κ1) is 18.4. The number of nitrogens with zero attached hydrogens (tertiary/aromatic N) is 1. The van der Waals surface area contributed by atoms with Crippen LogP contribution < -0.4 is 15.4 Å².